The first kappa shape index (κ1) is 11.3. The Kier molecular flexibility index (Phi) is 3.39. The van der Waals surface area contributed by atoms with Gasteiger partial charge in [0.25, 0.3) is 0 Å². The van der Waals surface area contributed by atoms with E-state index in [-0.39, 0.29) is 5.02 Å². The molecule has 0 bridgehead atoms. The van der Waals surface area contributed by atoms with Gasteiger partial charge < -0.3 is 0 Å². The number of hydrogen-bond donors (Lipinski definition) is 0. The fraction of sp³-hybridized carbons (Fsp3) is 0.250. The average Bonchev–Trinajstić information content (AvgIpc) is 2.17. The average molecular weight is 240 g/mol. The minimum absolute atomic E-state index is 0.254. The molecule has 0 N–H and O–H groups in total. The van der Waals surface area contributed by atoms with Gasteiger partial charge >= 0.3 is 5.92 Å². The van der Waals surface area contributed by atoms with Gasteiger partial charge in [0, 0.05) is 6.20 Å². The molecule has 0 saturated carbocycles. The van der Waals surface area contributed by atoms with Crippen LogP contribution in [-0.4, -0.2) is 16.6 Å². The highest BCUT2D eigenvalue weighted by Gasteiger charge is 2.42. The van der Waals surface area contributed by atoms with Crippen molar-refractivity contribution in [3.63, 3.8) is 0 Å². The Morgan fingerprint density at radius 1 is 1.57 bits per heavy atom. The highest BCUT2D eigenvalue weighted by Crippen LogP contribution is 2.32. The summed E-state index contributed by atoms with van der Waals surface area (Å²) in [4.78, 5) is 14.2. The minimum Gasteiger partial charge on any atom is -0.291 e. The zero-order chi connectivity index (χ0) is 10.8. The van der Waals surface area contributed by atoms with Gasteiger partial charge in [0.1, 0.15) is 5.69 Å². The molecule has 0 amide bonds. The predicted octanol–water partition coefficient (Wildman–Crippen LogP) is 2.63. The molecule has 0 fully saturated rings. The fourth-order valence-corrected chi connectivity index (χ4v) is 1.24. The number of pyridine rings is 1. The maximum absolute atomic E-state index is 13.2. The molecule has 0 radical (unpaired) electrons. The number of carbonyl (C=O) groups is 1. The molecular formula is C8H5Cl2F2NO. The largest absolute Gasteiger partial charge is 0.349 e. The molecule has 0 saturated heterocycles. The van der Waals surface area contributed by atoms with Crippen molar-refractivity contribution in [3.8, 4) is 0 Å². The summed E-state index contributed by atoms with van der Waals surface area (Å²) in [6.45, 7) is 0. The van der Waals surface area contributed by atoms with Crippen LogP contribution in [0.1, 0.15) is 5.69 Å². The lowest BCUT2D eigenvalue weighted by molar-refractivity contribution is -0.142. The van der Waals surface area contributed by atoms with Crippen molar-refractivity contribution in [2.75, 3.05) is 5.88 Å². The van der Waals surface area contributed by atoms with Crippen LogP contribution in [0.3, 0.4) is 0 Å². The van der Waals surface area contributed by atoms with Crippen molar-refractivity contribution in [1.29, 1.82) is 0 Å². The Morgan fingerprint density at radius 3 is 2.71 bits per heavy atom. The molecule has 76 valence electrons. The summed E-state index contributed by atoms with van der Waals surface area (Å²) in [7, 11) is 0. The fourth-order valence-electron chi connectivity index (χ4n) is 0.833. The van der Waals surface area contributed by atoms with Crippen molar-refractivity contribution in [2.24, 2.45) is 0 Å². The third-order valence-corrected chi connectivity index (χ3v) is 2.08. The number of Topliss-reactive ketones (excluding diaryl/α,β-unsaturated/α-hetero) is 1. The smallest absolute Gasteiger partial charge is 0.291 e. The highest BCUT2D eigenvalue weighted by molar-refractivity contribution is 6.32. The number of nitrogens with zero attached hydrogens (tertiary/aromatic N) is 1. The van der Waals surface area contributed by atoms with Crippen LogP contribution < -0.4 is 0 Å². The normalized spacial score (nSPS) is 11.4. The number of halogens is 4. The predicted molar refractivity (Wildman–Crippen MR) is 48.9 cm³/mol. The van der Waals surface area contributed by atoms with Gasteiger partial charge in [-0.15, -0.1) is 11.6 Å². The molecule has 1 heterocycles. The standard InChI is InChI=1S/C8H5Cl2F2NO/c9-4-6(14)8(11,12)7-5(10)2-1-3-13-7/h1-3H,4H2. The highest BCUT2D eigenvalue weighted by atomic mass is 35.5. The van der Waals surface area contributed by atoms with E-state index in [0.29, 0.717) is 0 Å². The van der Waals surface area contributed by atoms with Crippen LogP contribution in [0.5, 0.6) is 0 Å². The van der Waals surface area contributed by atoms with E-state index in [9.17, 15) is 13.6 Å². The lowest BCUT2D eigenvalue weighted by Crippen LogP contribution is -2.28. The number of alkyl halides is 3. The van der Waals surface area contributed by atoms with Gasteiger partial charge in [-0.25, -0.2) is 0 Å². The maximum atomic E-state index is 13.2. The molecule has 1 rings (SSSR count). The van der Waals surface area contributed by atoms with E-state index in [1.165, 1.54) is 12.1 Å². The van der Waals surface area contributed by atoms with Gasteiger partial charge in [0.05, 0.1) is 10.9 Å². The second kappa shape index (κ2) is 4.19. The van der Waals surface area contributed by atoms with E-state index >= 15 is 0 Å². The van der Waals surface area contributed by atoms with Crippen LogP contribution in [-0.2, 0) is 10.7 Å². The Morgan fingerprint density at radius 2 is 2.21 bits per heavy atom. The SMILES string of the molecule is O=C(CCl)C(F)(F)c1ncccc1Cl. The lowest BCUT2D eigenvalue weighted by Gasteiger charge is -2.13. The molecule has 0 spiro atoms. The first-order chi connectivity index (χ1) is 6.50. The van der Waals surface area contributed by atoms with E-state index < -0.39 is 23.3 Å². The number of rotatable bonds is 3. The summed E-state index contributed by atoms with van der Waals surface area (Å²) in [6, 6.07) is 2.63. The van der Waals surface area contributed by atoms with Crippen molar-refractivity contribution < 1.29 is 13.6 Å². The van der Waals surface area contributed by atoms with E-state index in [1.807, 2.05) is 0 Å². The molecule has 6 heteroatoms. The summed E-state index contributed by atoms with van der Waals surface area (Å²) in [5.41, 5.74) is -0.757. The van der Waals surface area contributed by atoms with Gasteiger partial charge in [-0.05, 0) is 12.1 Å². The van der Waals surface area contributed by atoms with Gasteiger partial charge in [-0.1, -0.05) is 11.6 Å². The lowest BCUT2D eigenvalue weighted by atomic mass is 10.1. The Labute approximate surface area is 88.8 Å². The summed E-state index contributed by atoms with van der Waals surface area (Å²) < 4.78 is 26.5. The first-order valence-corrected chi connectivity index (χ1v) is 4.49. The third kappa shape index (κ3) is 2.01. The summed E-state index contributed by atoms with van der Waals surface area (Å²) in [6.07, 6.45) is 1.14. The number of aromatic nitrogens is 1. The van der Waals surface area contributed by atoms with E-state index in [0.717, 1.165) is 6.20 Å². The zero-order valence-corrected chi connectivity index (χ0v) is 8.32. The molecule has 1 aromatic heterocycles. The molecule has 2 nitrogen and oxygen atoms in total. The molecule has 0 unspecified atom stereocenters. The van der Waals surface area contributed by atoms with E-state index in [2.05, 4.69) is 4.98 Å². The first-order valence-electron chi connectivity index (χ1n) is 3.58. The number of ketones is 1. The molecular weight excluding hydrogens is 235 g/mol. The summed E-state index contributed by atoms with van der Waals surface area (Å²) in [5, 5.41) is -0.254. The molecule has 1 aromatic rings. The molecule has 0 atom stereocenters. The Bertz CT molecular complexity index is 357. The number of carbonyl (C=O) groups excluding carboxylic acids is 1. The van der Waals surface area contributed by atoms with Gasteiger partial charge in [-0.2, -0.15) is 8.78 Å². The Balaban J connectivity index is 3.16. The molecule has 14 heavy (non-hydrogen) atoms. The minimum atomic E-state index is -3.72. The molecule has 0 aliphatic rings. The van der Waals surface area contributed by atoms with E-state index in [4.69, 9.17) is 23.2 Å². The summed E-state index contributed by atoms with van der Waals surface area (Å²) in [5.74, 6) is -5.92. The van der Waals surface area contributed by atoms with Crippen LogP contribution in [0.4, 0.5) is 8.78 Å². The molecule has 0 aliphatic carbocycles. The van der Waals surface area contributed by atoms with Crippen LogP contribution in [0, 0.1) is 0 Å². The monoisotopic (exact) mass is 239 g/mol. The van der Waals surface area contributed by atoms with Gasteiger partial charge in [0.2, 0.25) is 5.78 Å². The van der Waals surface area contributed by atoms with Crippen LogP contribution in [0.25, 0.3) is 0 Å². The van der Waals surface area contributed by atoms with Crippen molar-refractivity contribution in [1.82, 2.24) is 4.98 Å². The second-order valence-corrected chi connectivity index (χ2v) is 3.14. The van der Waals surface area contributed by atoms with Crippen molar-refractivity contribution in [2.45, 2.75) is 5.92 Å². The van der Waals surface area contributed by atoms with Crippen LogP contribution in [0.15, 0.2) is 18.3 Å². The quantitative estimate of drug-likeness (QED) is 0.760. The van der Waals surface area contributed by atoms with Crippen LogP contribution in [0.2, 0.25) is 5.02 Å². The second-order valence-electron chi connectivity index (χ2n) is 2.47. The van der Waals surface area contributed by atoms with Gasteiger partial charge in [0.15, 0.2) is 0 Å². The molecule has 0 aliphatic heterocycles. The summed E-state index contributed by atoms with van der Waals surface area (Å²) >= 11 is 10.5. The van der Waals surface area contributed by atoms with Crippen LogP contribution >= 0.6 is 23.2 Å². The number of hydrogen-bond acceptors (Lipinski definition) is 2. The zero-order valence-electron chi connectivity index (χ0n) is 6.81. The molecule has 0 aromatic carbocycles. The van der Waals surface area contributed by atoms with Gasteiger partial charge in [-0.3, -0.25) is 9.78 Å². The van der Waals surface area contributed by atoms with Crippen molar-refractivity contribution in [3.05, 3.63) is 29.0 Å². The Hall–Kier alpha value is -0.740. The van der Waals surface area contributed by atoms with Crippen molar-refractivity contribution >= 4 is 29.0 Å². The maximum Gasteiger partial charge on any atom is 0.349 e. The van der Waals surface area contributed by atoms with E-state index in [1.54, 1.807) is 0 Å². The third-order valence-electron chi connectivity index (χ3n) is 1.53. The topological polar surface area (TPSA) is 30.0 Å².